The molecule has 0 aliphatic carbocycles. The average molecular weight is 332 g/mol. The molecular formula is C21H20N2O2. The van der Waals surface area contributed by atoms with E-state index < -0.39 is 0 Å². The Kier molecular flexibility index (Phi) is 5.09. The van der Waals surface area contributed by atoms with E-state index in [9.17, 15) is 4.79 Å². The highest BCUT2D eigenvalue weighted by Crippen LogP contribution is 2.23. The molecule has 0 spiro atoms. The summed E-state index contributed by atoms with van der Waals surface area (Å²) in [4.78, 5) is 16.8. The Morgan fingerprint density at radius 2 is 1.80 bits per heavy atom. The van der Waals surface area contributed by atoms with Gasteiger partial charge < -0.3 is 10.1 Å². The van der Waals surface area contributed by atoms with Crippen LogP contribution >= 0.6 is 0 Å². The summed E-state index contributed by atoms with van der Waals surface area (Å²) in [5.74, 6) is 0.425. The summed E-state index contributed by atoms with van der Waals surface area (Å²) in [6, 6.07) is 19.5. The maximum absolute atomic E-state index is 12.5. The lowest BCUT2D eigenvalue weighted by atomic mass is 10.1. The quantitative estimate of drug-likeness (QED) is 0.760. The monoisotopic (exact) mass is 332 g/mol. The van der Waals surface area contributed by atoms with Gasteiger partial charge in [0.2, 0.25) is 5.88 Å². The van der Waals surface area contributed by atoms with Crippen LogP contribution in [0.5, 0.6) is 5.88 Å². The molecule has 3 rings (SSSR count). The summed E-state index contributed by atoms with van der Waals surface area (Å²) in [6.45, 7) is 1.92. The predicted octanol–water partition coefficient (Wildman–Crippen LogP) is 4.24. The molecule has 1 N–H and O–H groups in total. The van der Waals surface area contributed by atoms with Gasteiger partial charge in [0, 0.05) is 17.5 Å². The van der Waals surface area contributed by atoms with Crippen molar-refractivity contribution in [2.45, 2.75) is 13.3 Å². The minimum atomic E-state index is -0.143. The van der Waals surface area contributed by atoms with Gasteiger partial charge in [-0.25, -0.2) is 4.98 Å². The Hall–Kier alpha value is -3.14. The lowest BCUT2D eigenvalue weighted by Crippen LogP contribution is -2.14. The Labute approximate surface area is 147 Å². The molecule has 0 bridgehead atoms. The molecule has 25 heavy (non-hydrogen) atoms. The lowest BCUT2D eigenvalue weighted by Gasteiger charge is -2.12. The second-order valence-corrected chi connectivity index (χ2v) is 5.82. The number of nitrogens with one attached hydrogen (secondary N) is 1. The smallest absolute Gasteiger partial charge is 0.255 e. The van der Waals surface area contributed by atoms with E-state index in [2.05, 4.69) is 22.4 Å². The third kappa shape index (κ3) is 4.04. The van der Waals surface area contributed by atoms with E-state index in [1.54, 1.807) is 13.3 Å². The summed E-state index contributed by atoms with van der Waals surface area (Å²) >= 11 is 0. The van der Waals surface area contributed by atoms with Crippen LogP contribution in [0.2, 0.25) is 0 Å². The first-order valence-corrected chi connectivity index (χ1v) is 8.11. The van der Waals surface area contributed by atoms with Crippen LogP contribution < -0.4 is 10.1 Å². The third-order valence-electron chi connectivity index (χ3n) is 4.00. The number of methoxy groups -OCH3 is 1. The van der Waals surface area contributed by atoms with Crippen LogP contribution in [0.3, 0.4) is 0 Å². The molecule has 0 aliphatic heterocycles. The van der Waals surface area contributed by atoms with Crippen molar-refractivity contribution in [1.82, 2.24) is 4.98 Å². The van der Waals surface area contributed by atoms with Crippen LogP contribution in [0.4, 0.5) is 5.69 Å². The number of anilines is 1. The Balaban J connectivity index is 1.84. The first kappa shape index (κ1) is 16.7. The number of amides is 1. The number of aromatic nitrogens is 1. The highest BCUT2D eigenvalue weighted by molar-refractivity contribution is 6.05. The molecule has 1 heterocycles. The molecule has 3 aromatic rings. The molecule has 2 aromatic carbocycles. The van der Waals surface area contributed by atoms with Crippen LogP contribution in [-0.4, -0.2) is 18.0 Å². The number of carbonyl (C=O) groups is 1. The summed E-state index contributed by atoms with van der Waals surface area (Å²) in [7, 11) is 1.60. The minimum Gasteiger partial charge on any atom is -0.481 e. The number of aryl methyl sites for hydroxylation is 1. The van der Waals surface area contributed by atoms with Crippen molar-refractivity contribution < 1.29 is 9.53 Å². The number of hydrogen-bond acceptors (Lipinski definition) is 3. The van der Waals surface area contributed by atoms with Crippen LogP contribution in [0.15, 0.2) is 66.9 Å². The van der Waals surface area contributed by atoms with Crippen LogP contribution in [0.25, 0.3) is 0 Å². The maximum atomic E-state index is 12.5. The first-order valence-electron chi connectivity index (χ1n) is 8.11. The molecule has 0 fully saturated rings. The molecule has 0 saturated heterocycles. The summed E-state index contributed by atoms with van der Waals surface area (Å²) in [6.07, 6.45) is 2.30. The van der Waals surface area contributed by atoms with E-state index in [4.69, 9.17) is 4.74 Å². The zero-order valence-corrected chi connectivity index (χ0v) is 14.3. The molecule has 0 atom stereocenters. The van der Waals surface area contributed by atoms with Crippen molar-refractivity contribution in [3.05, 3.63) is 89.1 Å². The largest absolute Gasteiger partial charge is 0.481 e. The van der Waals surface area contributed by atoms with Crippen molar-refractivity contribution in [1.29, 1.82) is 0 Å². The maximum Gasteiger partial charge on any atom is 0.255 e. The van der Waals surface area contributed by atoms with E-state index in [1.807, 2.05) is 55.5 Å². The zero-order chi connectivity index (χ0) is 17.6. The van der Waals surface area contributed by atoms with Gasteiger partial charge in [0.15, 0.2) is 0 Å². The molecule has 4 nitrogen and oxygen atoms in total. The highest BCUT2D eigenvalue weighted by atomic mass is 16.5. The summed E-state index contributed by atoms with van der Waals surface area (Å²) < 4.78 is 5.36. The van der Waals surface area contributed by atoms with E-state index in [0.29, 0.717) is 23.6 Å². The molecule has 0 saturated carbocycles. The van der Waals surface area contributed by atoms with Gasteiger partial charge in [-0.15, -0.1) is 0 Å². The molecule has 126 valence electrons. The van der Waals surface area contributed by atoms with Crippen molar-refractivity contribution in [3.8, 4) is 5.88 Å². The minimum absolute atomic E-state index is 0.143. The van der Waals surface area contributed by atoms with Crippen LogP contribution in [0, 0.1) is 6.92 Å². The van der Waals surface area contributed by atoms with Gasteiger partial charge in [-0.1, -0.05) is 48.5 Å². The number of benzene rings is 2. The normalized spacial score (nSPS) is 10.3. The van der Waals surface area contributed by atoms with Gasteiger partial charge in [-0.3, -0.25) is 4.79 Å². The molecule has 1 amide bonds. The topological polar surface area (TPSA) is 51.2 Å². The van der Waals surface area contributed by atoms with E-state index in [0.717, 1.165) is 16.7 Å². The molecular weight excluding hydrogens is 312 g/mol. The Morgan fingerprint density at radius 1 is 1.08 bits per heavy atom. The second-order valence-electron chi connectivity index (χ2n) is 5.82. The number of ether oxygens (including phenoxy) is 1. The van der Waals surface area contributed by atoms with Crippen LogP contribution in [0.1, 0.15) is 27.0 Å². The molecule has 1 aromatic heterocycles. The molecule has 0 unspecified atom stereocenters. The van der Waals surface area contributed by atoms with Gasteiger partial charge in [0.05, 0.1) is 19.0 Å². The van der Waals surface area contributed by atoms with Gasteiger partial charge in [0.1, 0.15) is 0 Å². The number of carbonyl (C=O) groups excluding carboxylic acids is 1. The fourth-order valence-corrected chi connectivity index (χ4v) is 2.72. The van der Waals surface area contributed by atoms with Gasteiger partial charge >= 0.3 is 0 Å². The molecule has 0 radical (unpaired) electrons. The Bertz CT molecular complexity index is 876. The van der Waals surface area contributed by atoms with E-state index in [1.165, 1.54) is 0 Å². The van der Waals surface area contributed by atoms with Crippen molar-refractivity contribution >= 4 is 11.6 Å². The Morgan fingerprint density at radius 3 is 2.52 bits per heavy atom. The first-order chi connectivity index (χ1) is 12.2. The second kappa shape index (κ2) is 7.62. The SMILES string of the molecule is COc1ncc(NC(=O)c2ccccc2C)cc1Cc1ccccc1. The highest BCUT2D eigenvalue weighted by Gasteiger charge is 2.12. The van der Waals surface area contributed by atoms with Gasteiger partial charge in [-0.05, 0) is 30.2 Å². The van der Waals surface area contributed by atoms with E-state index in [-0.39, 0.29) is 5.91 Å². The molecule has 4 heteroatoms. The third-order valence-corrected chi connectivity index (χ3v) is 4.00. The number of nitrogens with zero attached hydrogens (tertiary/aromatic N) is 1. The van der Waals surface area contributed by atoms with Gasteiger partial charge in [0.25, 0.3) is 5.91 Å². The van der Waals surface area contributed by atoms with Gasteiger partial charge in [-0.2, -0.15) is 0 Å². The van der Waals surface area contributed by atoms with E-state index >= 15 is 0 Å². The zero-order valence-electron chi connectivity index (χ0n) is 14.3. The van der Waals surface area contributed by atoms with Crippen molar-refractivity contribution in [3.63, 3.8) is 0 Å². The number of rotatable bonds is 5. The van der Waals surface area contributed by atoms with Crippen molar-refractivity contribution in [2.75, 3.05) is 12.4 Å². The fraction of sp³-hybridized carbons (Fsp3) is 0.143. The number of hydrogen-bond donors (Lipinski definition) is 1. The number of pyridine rings is 1. The summed E-state index contributed by atoms with van der Waals surface area (Å²) in [5, 5.41) is 2.92. The van der Waals surface area contributed by atoms with Crippen molar-refractivity contribution in [2.24, 2.45) is 0 Å². The lowest BCUT2D eigenvalue weighted by molar-refractivity contribution is 0.102. The summed E-state index contributed by atoms with van der Waals surface area (Å²) in [5.41, 5.74) is 4.33. The average Bonchev–Trinajstić information content (AvgIpc) is 2.63. The standard InChI is InChI=1S/C21H20N2O2/c1-15-8-6-7-11-19(15)20(24)23-18-13-17(21(25-2)22-14-18)12-16-9-4-3-5-10-16/h3-11,13-14H,12H2,1-2H3,(H,23,24). The molecule has 0 aliphatic rings. The predicted molar refractivity (Wildman–Crippen MR) is 99.2 cm³/mol. The fourth-order valence-electron chi connectivity index (χ4n) is 2.72. The van der Waals surface area contributed by atoms with Crippen LogP contribution in [-0.2, 0) is 6.42 Å².